The van der Waals surface area contributed by atoms with E-state index in [9.17, 15) is 4.79 Å². The number of hydrogen-bond acceptors (Lipinski definition) is 2. The molecule has 0 bridgehead atoms. The van der Waals surface area contributed by atoms with E-state index in [4.69, 9.17) is 0 Å². The van der Waals surface area contributed by atoms with E-state index in [1.54, 1.807) is 0 Å². The Morgan fingerprint density at radius 2 is 2.00 bits per heavy atom. The Hall–Kier alpha value is -0.570. The maximum Gasteiger partial charge on any atom is 0.227 e. The van der Waals surface area contributed by atoms with Crippen LogP contribution in [0.3, 0.4) is 0 Å². The third-order valence-electron chi connectivity index (χ3n) is 4.64. The maximum atomic E-state index is 12.6. The van der Waals surface area contributed by atoms with Gasteiger partial charge < -0.3 is 10.6 Å². The predicted octanol–water partition coefficient (Wildman–Crippen LogP) is 3.49. The fraction of sp³-hybridized carbons (Fsp3) is 0.941. The summed E-state index contributed by atoms with van der Waals surface area (Å²) >= 11 is 0. The minimum absolute atomic E-state index is 0.145. The average molecular weight is 282 g/mol. The highest BCUT2D eigenvalue weighted by Crippen LogP contribution is 2.32. The summed E-state index contributed by atoms with van der Waals surface area (Å²) in [5.41, 5.74) is 0.0680. The highest BCUT2D eigenvalue weighted by molar-refractivity contribution is 5.83. The number of nitrogens with one attached hydrogen (secondary N) is 2. The smallest absolute Gasteiger partial charge is 0.227 e. The molecule has 1 atom stereocenters. The zero-order valence-electron chi connectivity index (χ0n) is 14.0. The number of carbonyl (C=O) groups is 1. The van der Waals surface area contributed by atoms with Gasteiger partial charge in [0.1, 0.15) is 0 Å². The van der Waals surface area contributed by atoms with Crippen LogP contribution in [0.1, 0.15) is 72.6 Å². The molecule has 1 amide bonds. The largest absolute Gasteiger partial charge is 0.355 e. The van der Waals surface area contributed by atoms with Crippen LogP contribution in [0.2, 0.25) is 0 Å². The van der Waals surface area contributed by atoms with E-state index >= 15 is 0 Å². The normalized spacial score (nSPS) is 23.0. The third-order valence-corrected chi connectivity index (χ3v) is 4.64. The molecule has 3 heteroatoms. The number of hydrogen-bond donors (Lipinski definition) is 2. The van der Waals surface area contributed by atoms with Gasteiger partial charge in [0.2, 0.25) is 5.91 Å². The Kier molecular flexibility index (Phi) is 7.01. The highest BCUT2D eigenvalue weighted by atomic mass is 16.2. The lowest BCUT2D eigenvalue weighted by Crippen LogP contribution is -2.45. The number of carbonyl (C=O) groups excluding carboxylic acids is 1. The quantitative estimate of drug-likeness (QED) is 0.636. The maximum absolute atomic E-state index is 12.6. The second-order valence-corrected chi connectivity index (χ2v) is 7.26. The average Bonchev–Trinajstić information content (AvgIpc) is 2.86. The van der Waals surface area contributed by atoms with Crippen molar-refractivity contribution in [2.45, 2.75) is 72.6 Å². The molecule has 1 rings (SSSR count). The van der Waals surface area contributed by atoms with Crippen molar-refractivity contribution < 1.29 is 4.79 Å². The summed E-state index contributed by atoms with van der Waals surface area (Å²) in [4.78, 5) is 12.6. The molecule has 0 aliphatic carbocycles. The molecule has 0 spiro atoms. The lowest BCUT2D eigenvalue weighted by Gasteiger charge is -2.30. The minimum Gasteiger partial charge on any atom is -0.355 e. The summed E-state index contributed by atoms with van der Waals surface area (Å²) in [7, 11) is 0. The SMILES string of the molecule is CCCCCC(C)(C)CNC(=O)C1(CCC)CCNC1. The van der Waals surface area contributed by atoms with Gasteiger partial charge in [-0.2, -0.15) is 0 Å². The lowest BCUT2D eigenvalue weighted by molar-refractivity contribution is -0.131. The first kappa shape index (κ1) is 17.5. The third kappa shape index (κ3) is 5.08. The zero-order valence-corrected chi connectivity index (χ0v) is 14.0. The molecule has 1 aliphatic rings. The summed E-state index contributed by atoms with van der Waals surface area (Å²) in [5.74, 6) is 0.271. The van der Waals surface area contributed by atoms with E-state index in [2.05, 4.69) is 38.3 Å². The van der Waals surface area contributed by atoms with Crippen LogP contribution in [-0.2, 0) is 4.79 Å². The second kappa shape index (κ2) is 8.02. The van der Waals surface area contributed by atoms with E-state index < -0.39 is 0 Å². The first-order valence-corrected chi connectivity index (χ1v) is 8.45. The van der Waals surface area contributed by atoms with E-state index in [0.717, 1.165) is 38.9 Å². The molecule has 20 heavy (non-hydrogen) atoms. The van der Waals surface area contributed by atoms with E-state index in [-0.39, 0.29) is 16.7 Å². The molecule has 0 radical (unpaired) electrons. The van der Waals surface area contributed by atoms with Crippen LogP contribution in [0.4, 0.5) is 0 Å². The molecule has 1 unspecified atom stereocenters. The van der Waals surface area contributed by atoms with Gasteiger partial charge in [-0.1, -0.05) is 53.4 Å². The van der Waals surface area contributed by atoms with Gasteiger partial charge in [-0.25, -0.2) is 0 Å². The van der Waals surface area contributed by atoms with Crippen LogP contribution in [-0.4, -0.2) is 25.5 Å². The van der Waals surface area contributed by atoms with Gasteiger partial charge in [-0.05, 0) is 31.2 Å². The van der Waals surface area contributed by atoms with Crippen LogP contribution in [0, 0.1) is 10.8 Å². The van der Waals surface area contributed by atoms with Gasteiger partial charge in [0.15, 0.2) is 0 Å². The minimum atomic E-state index is -0.145. The Morgan fingerprint density at radius 1 is 1.25 bits per heavy atom. The van der Waals surface area contributed by atoms with Crippen LogP contribution in [0.15, 0.2) is 0 Å². The first-order chi connectivity index (χ1) is 9.46. The van der Waals surface area contributed by atoms with Crippen molar-refractivity contribution in [2.24, 2.45) is 10.8 Å². The van der Waals surface area contributed by atoms with E-state index in [0.29, 0.717) is 0 Å². The second-order valence-electron chi connectivity index (χ2n) is 7.26. The molecular weight excluding hydrogens is 248 g/mol. The van der Waals surface area contributed by atoms with Crippen LogP contribution < -0.4 is 10.6 Å². The van der Waals surface area contributed by atoms with Gasteiger partial charge >= 0.3 is 0 Å². The summed E-state index contributed by atoms with van der Waals surface area (Å²) in [6.45, 7) is 11.6. The molecule has 1 fully saturated rings. The van der Waals surface area contributed by atoms with Crippen molar-refractivity contribution in [3.63, 3.8) is 0 Å². The Bertz CT molecular complexity index is 293. The van der Waals surface area contributed by atoms with E-state index in [1.165, 1.54) is 25.7 Å². The summed E-state index contributed by atoms with van der Waals surface area (Å²) < 4.78 is 0. The number of amides is 1. The molecule has 0 aromatic heterocycles. The fourth-order valence-electron chi connectivity index (χ4n) is 3.19. The zero-order chi connectivity index (χ0) is 15.1. The van der Waals surface area contributed by atoms with Crippen molar-refractivity contribution >= 4 is 5.91 Å². The van der Waals surface area contributed by atoms with Crippen molar-refractivity contribution in [1.29, 1.82) is 0 Å². The van der Waals surface area contributed by atoms with Crippen molar-refractivity contribution in [2.75, 3.05) is 19.6 Å². The fourth-order valence-corrected chi connectivity index (χ4v) is 3.19. The van der Waals surface area contributed by atoms with Gasteiger partial charge in [0.25, 0.3) is 0 Å². The molecule has 0 aromatic rings. The Morgan fingerprint density at radius 3 is 2.55 bits per heavy atom. The molecule has 0 saturated carbocycles. The topological polar surface area (TPSA) is 41.1 Å². The predicted molar refractivity (Wildman–Crippen MR) is 85.8 cm³/mol. The van der Waals surface area contributed by atoms with Crippen LogP contribution in [0.5, 0.6) is 0 Å². The Balaban J connectivity index is 2.44. The molecule has 2 N–H and O–H groups in total. The van der Waals surface area contributed by atoms with Gasteiger partial charge in [0, 0.05) is 13.1 Å². The van der Waals surface area contributed by atoms with Gasteiger partial charge in [-0.15, -0.1) is 0 Å². The molecule has 1 heterocycles. The highest BCUT2D eigenvalue weighted by Gasteiger charge is 2.40. The van der Waals surface area contributed by atoms with Crippen molar-refractivity contribution in [3.8, 4) is 0 Å². The van der Waals surface area contributed by atoms with Crippen molar-refractivity contribution in [3.05, 3.63) is 0 Å². The van der Waals surface area contributed by atoms with E-state index in [1.807, 2.05) is 0 Å². The number of rotatable bonds is 9. The molecule has 118 valence electrons. The summed E-state index contributed by atoms with van der Waals surface area (Å²) in [6.07, 6.45) is 8.08. The lowest BCUT2D eigenvalue weighted by atomic mass is 9.80. The van der Waals surface area contributed by atoms with Crippen LogP contribution >= 0.6 is 0 Å². The number of unbranched alkanes of at least 4 members (excludes halogenated alkanes) is 2. The van der Waals surface area contributed by atoms with Crippen molar-refractivity contribution in [1.82, 2.24) is 10.6 Å². The molecule has 1 aliphatic heterocycles. The van der Waals surface area contributed by atoms with Gasteiger partial charge in [-0.3, -0.25) is 4.79 Å². The molecular formula is C17H34N2O. The Labute approximate surface area is 125 Å². The first-order valence-electron chi connectivity index (χ1n) is 8.45. The monoisotopic (exact) mass is 282 g/mol. The standard InChI is InChI=1S/C17H34N2O/c1-5-7-8-10-16(3,4)13-19-15(20)17(9-6-2)11-12-18-14-17/h18H,5-14H2,1-4H3,(H,19,20). The molecule has 3 nitrogen and oxygen atoms in total. The van der Waals surface area contributed by atoms with Crippen LogP contribution in [0.25, 0.3) is 0 Å². The summed E-state index contributed by atoms with van der Waals surface area (Å²) in [6, 6.07) is 0. The molecule has 0 aromatic carbocycles. The summed E-state index contributed by atoms with van der Waals surface area (Å²) in [5, 5.41) is 6.60. The molecule has 1 saturated heterocycles. The van der Waals surface area contributed by atoms with Gasteiger partial charge in [0.05, 0.1) is 5.41 Å².